The molecular formula is C18H14Cl2N2O4. The zero-order valence-corrected chi connectivity index (χ0v) is 15.2. The molecule has 0 saturated carbocycles. The summed E-state index contributed by atoms with van der Waals surface area (Å²) in [6.07, 6.45) is -0.920. The number of nitriles is 1. The number of nitrogens with one attached hydrogen (secondary N) is 1. The highest BCUT2D eigenvalue weighted by Crippen LogP contribution is 2.22. The molecule has 2 aromatic rings. The molecule has 0 bridgehead atoms. The Morgan fingerprint density at radius 1 is 1.15 bits per heavy atom. The summed E-state index contributed by atoms with van der Waals surface area (Å²) in [6, 6.07) is 12.8. The maximum atomic E-state index is 11.9. The van der Waals surface area contributed by atoms with Gasteiger partial charge in [0.1, 0.15) is 5.75 Å². The van der Waals surface area contributed by atoms with Crippen LogP contribution in [0.5, 0.6) is 5.75 Å². The van der Waals surface area contributed by atoms with E-state index in [9.17, 15) is 9.59 Å². The zero-order valence-electron chi connectivity index (χ0n) is 13.7. The molecule has 1 atom stereocenters. The van der Waals surface area contributed by atoms with E-state index in [4.69, 9.17) is 37.9 Å². The summed E-state index contributed by atoms with van der Waals surface area (Å²) >= 11 is 11.7. The minimum Gasteiger partial charge on any atom is -0.479 e. The molecule has 0 saturated heterocycles. The van der Waals surface area contributed by atoms with Crippen LogP contribution in [0.2, 0.25) is 10.0 Å². The van der Waals surface area contributed by atoms with E-state index in [-0.39, 0.29) is 0 Å². The molecule has 0 aliphatic carbocycles. The number of hydrogen-bond acceptors (Lipinski definition) is 5. The van der Waals surface area contributed by atoms with Gasteiger partial charge in [0.2, 0.25) is 0 Å². The lowest BCUT2D eigenvalue weighted by Gasteiger charge is -2.14. The highest BCUT2D eigenvalue weighted by atomic mass is 35.5. The van der Waals surface area contributed by atoms with Gasteiger partial charge in [-0.05, 0) is 49.4 Å². The summed E-state index contributed by atoms with van der Waals surface area (Å²) in [6.45, 7) is 1.01. The largest absolute Gasteiger partial charge is 0.479 e. The fourth-order valence-corrected chi connectivity index (χ4v) is 2.46. The summed E-state index contributed by atoms with van der Waals surface area (Å²) in [5.41, 5.74) is 0.871. The normalized spacial score (nSPS) is 11.2. The lowest BCUT2D eigenvalue weighted by Crippen LogP contribution is -2.29. The molecule has 6 nitrogen and oxygen atoms in total. The van der Waals surface area contributed by atoms with Crippen molar-refractivity contribution in [3.63, 3.8) is 0 Å². The Labute approximate surface area is 160 Å². The Bertz CT molecular complexity index is 827. The van der Waals surface area contributed by atoms with Crippen LogP contribution in [0.4, 0.5) is 5.69 Å². The van der Waals surface area contributed by atoms with Gasteiger partial charge in [-0.3, -0.25) is 4.79 Å². The van der Waals surface area contributed by atoms with Crippen molar-refractivity contribution in [3.8, 4) is 11.8 Å². The molecule has 134 valence electrons. The average Bonchev–Trinajstić information content (AvgIpc) is 2.59. The van der Waals surface area contributed by atoms with Crippen molar-refractivity contribution in [1.82, 2.24) is 0 Å². The first-order valence-corrected chi connectivity index (χ1v) is 8.22. The Balaban J connectivity index is 1.82. The predicted molar refractivity (Wildman–Crippen MR) is 97.3 cm³/mol. The van der Waals surface area contributed by atoms with Crippen molar-refractivity contribution in [1.29, 1.82) is 5.26 Å². The number of carbonyl (C=O) groups is 2. The van der Waals surface area contributed by atoms with Gasteiger partial charge < -0.3 is 14.8 Å². The van der Waals surface area contributed by atoms with Gasteiger partial charge in [-0.1, -0.05) is 23.2 Å². The van der Waals surface area contributed by atoms with Crippen LogP contribution in [0.1, 0.15) is 12.5 Å². The van der Waals surface area contributed by atoms with Crippen molar-refractivity contribution >= 4 is 40.8 Å². The highest BCUT2D eigenvalue weighted by Gasteiger charge is 2.18. The number of rotatable bonds is 6. The quantitative estimate of drug-likeness (QED) is 0.754. The molecule has 0 aliphatic heterocycles. The smallest absolute Gasteiger partial charge is 0.347 e. The third kappa shape index (κ3) is 5.96. The van der Waals surface area contributed by atoms with Crippen LogP contribution >= 0.6 is 23.2 Å². The average molecular weight is 393 g/mol. The Morgan fingerprint density at radius 2 is 1.77 bits per heavy atom. The Kier molecular flexibility index (Phi) is 6.84. The number of carbonyl (C=O) groups excluding carboxylic acids is 2. The van der Waals surface area contributed by atoms with Crippen molar-refractivity contribution in [3.05, 3.63) is 58.1 Å². The van der Waals surface area contributed by atoms with Crippen LogP contribution in [0.3, 0.4) is 0 Å². The van der Waals surface area contributed by atoms with Crippen molar-refractivity contribution in [2.24, 2.45) is 0 Å². The summed E-state index contributed by atoms with van der Waals surface area (Å²) in [5, 5.41) is 12.0. The molecule has 0 spiro atoms. The van der Waals surface area contributed by atoms with Gasteiger partial charge in [-0.15, -0.1) is 0 Å². The number of amides is 1. The summed E-state index contributed by atoms with van der Waals surface area (Å²) in [7, 11) is 0. The van der Waals surface area contributed by atoms with Crippen molar-refractivity contribution in [2.75, 3.05) is 11.9 Å². The maximum Gasteiger partial charge on any atom is 0.347 e. The maximum absolute atomic E-state index is 11.9. The van der Waals surface area contributed by atoms with E-state index >= 15 is 0 Å². The first kappa shape index (κ1) is 19.6. The molecule has 1 amide bonds. The minimum absolute atomic E-state index is 0.370. The summed E-state index contributed by atoms with van der Waals surface area (Å²) < 4.78 is 10.3. The van der Waals surface area contributed by atoms with Gasteiger partial charge in [-0.25, -0.2) is 4.79 Å². The third-order valence-electron chi connectivity index (χ3n) is 3.12. The SMILES string of the molecule is C[C@H](Oc1ccc(C#N)cc1)C(=O)OCC(=O)Nc1cc(Cl)cc(Cl)c1. The van der Waals surface area contributed by atoms with Gasteiger partial charge in [-0.2, -0.15) is 5.26 Å². The van der Waals surface area contributed by atoms with Crippen LogP contribution in [-0.4, -0.2) is 24.6 Å². The van der Waals surface area contributed by atoms with Gasteiger partial charge in [0, 0.05) is 15.7 Å². The lowest BCUT2D eigenvalue weighted by molar-refractivity contribution is -0.153. The van der Waals surface area contributed by atoms with E-state index < -0.39 is 24.6 Å². The van der Waals surface area contributed by atoms with Crippen molar-refractivity contribution < 1.29 is 19.1 Å². The van der Waals surface area contributed by atoms with Crippen LogP contribution in [0, 0.1) is 11.3 Å². The predicted octanol–water partition coefficient (Wildman–Crippen LogP) is 3.81. The number of ether oxygens (including phenoxy) is 2. The number of benzene rings is 2. The fourth-order valence-electron chi connectivity index (χ4n) is 1.94. The van der Waals surface area contributed by atoms with Gasteiger partial charge in [0.05, 0.1) is 11.6 Å². The van der Waals surface area contributed by atoms with E-state index in [1.165, 1.54) is 25.1 Å². The van der Waals surface area contributed by atoms with E-state index in [0.717, 1.165) is 0 Å². The number of nitrogens with zero attached hydrogens (tertiary/aromatic N) is 1. The van der Waals surface area contributed by atoms with Crippen molar-refractivity contribution in [2.45, 2.75) is 13.0 Å². The molecule has 0 unspecified atom stereocenters. The zero-order chi connectivity index (χ0) is 19.1. The molecular weight excluding hydrogens is 379 g/mol. The second-order valence-electron chi connectivity index (χ2n) is 5.21. The summed E-state index contributed by atoms with van der Waals surface area (Å²) in [4.78, 5) is 23.8. The third-order valence-corrected chi connectivity index (χ3v) is 3.56. The molecule has 0 aliphatic rings. The number of esters is 1. The van der Waals surface area contributed by atoms with Crippen LogP contribution in [-0.2, 0) is 14.3 Å². The Hall–Kier alpha value is -2.75. The number of halogens is 2. The highest BCUT2D eigenvalue weighted by molar-refractivity contribution is 6.35. The number of hydrogen-bond donors (Lipinski definition) is 1. The van der Waals surface area contributed by atoms with Gasteiger partial charge in [0.25, 0.3) is 5.91 Å². The number of anilines is 1. The van der Waals surface area contributed by atoms with Gasteiger partial charge in [0.15, 0.2) is 12.7 Å². The Morgan fingerprint density at radius 3 is 2.35 bits per heavy atom. The molecule has 2 rings (SSSR count). The molecule has 0 aromatic heterocycles. The van der Waals surface area contributed by atoms with Crippen LogP contribution in [0.15, 0.2) is 42.5 Å². The molecule has 0 heterocycles. The van der Waals surface area contributed by atoms with Gasteiger partial charge >= 0.3 is 5.97 Å². The standard InChI is InChI=1S/C18H14Cl2N2O4/c1-11(26-16-4-2-12(9-21)3-5-16)18(24)25-10-17(23)22-15-7-13(19)6-14(20)8-15/h2-8,11H,10H2,1H3,(H,22,23)/t11-/m0/s1. The first-order chi connectivity index (χ1) is 12.4. The molecule has 2 aromatic carbocycles. The molecule has 0 fully saturated rings. The molecule has 8 heteroatoms. The van der Waals surface area contributed by atoms with Crippen LogP contribution < -0.4 is 10.1 Å². The second kappa shape index (κ2) is 9.09. The molecule has 0 radical (unpaired) electrons. The lowest BCUT2D eigenvalue weighted by atomic mass is 10.2. The first-order valence-electron chi connectivity index (χ1n) is 7.47. The van der Waals surface area contributed by atoms with E-state index in [1.54, 1.807) is 24.3 Å². The second-order valence-corrected chi connectivity index (χ2v) is 6.08. The fraction of sp³-hybridized carbons (Fsp3) is 0.167. The topological polar surface area (TPSA) is 88.4 Å². The summed E-state index contributed by atoms with van der Waals surface area (Å²) in [5.74, 6) is -0.831. The van der Waals surface area contributed by atoms with E-state index in [2.05, 4.69) is 5.32 Å². The van der Waals surface area contributed by atoms with Crippen LogP contribution in [0.25, 0.3) is 0 Å². The van der Waals surface area contributed by atoms with E-state index in [1.807, 2.05) is 6.07 Å². The minimum atomic E-state index is -0.920. The van der Waals surface area contributed by atoms with E-state index in [0.29, 0.717) is 27.0 Å². The monoisotopic (exact) mass is 392 g/mol. The molecule has 26 heavy (non-hydrogen) atoms. The molecule has 1 N–H and O–H groups in total.